The number of aromatic amines is 1. The Morgan fingerprint density at radius 2 is 2.00 bits per heavy atom. The van der Waals surface area contributed by atoms with Gasteiger partial charge in [0.05, 0.1) is 29.5 Å². The van der Waals surface area contributed by atoms with Gasteiger partial charge in [-0.3, -0.25) is 9.55 Å². The van der Waals surface area contributed by atoms with Crippen LogP contribution >= 0.6 is 0 Å². The van der Waals surface area contributed by atoms with Gasteiger partial charge < -0.3 is 14.5 Å². The maximum atomic E-state index is 12.1. The number of imidazole rings is 1. The first-order chi connectivity index (χ1) is 10.3. The molecule has 0 fully saturated rings. The number of hydrogen-bond donors (Lipinski definition) is 1. The first-order valence-corrected chi connectivity index (χ1v) is 6.56. The molecule has 6 heteroatoms. The van der Waals surface area contributed by atoms with Gasteiger partial charge in [0.25, 0.3) is 0 Å². The van der Waals surface area contributed by atoms with Crippen molar-refractivity contribution in [3.05, 3.63) is 53.2 Å². The van der Waals surface area contributed by atoms with Crippen LogP contribution in [0.15, 0.2) is 47.5 Å². The Balaban J connectivity index is 1.92. The summed E-state index contributed by atoms with van der Waals surface area (Å²) in [6.45, 7) is 1.03. The molecule has 0 radical (unpaired) electrons. The Morgan fingerprint density at radius 3 is 2.76 bits per heavy atom. The van der Waals surface area contributed by atoms with Crippen LogP contribution in [-0.2, 0) is 4.74 Å². The summed E-state index contributed by atoms with van der Waals surface area (Å²) in [7, 11) is 1.63. The summed E-state index contributed by atoms with van der Waals surface area (Å²) in [4.78, 5) is 18.8. The standard InChI is InChI=1S/C15H15N3O3/c1-20-8-9-21-12-4-2-11(3-5-12)18-14-6-7-16-10-13(14)17-15(18)19/h2-7,10H,8-9H2,1H3,(H,17,19). The summed E-state index contributed by atoms with van der Waals surface area (Å²) in [6, 6.07) is 9.15. The van der Waals surface area contributed by atoms with Crippen LogP contribution in [0.3, 0.4) is 0 Å². The Kier molecular flexibility index (Phi) is 3.70. The van der Waals surface area contributed by atoms with Gasteiger partial charge in [-0.1, -0.05) is 0 Å². The summed E-state index contributed by atoms with van der Waals surface area (Å²) in [5.41, 5.74) is 2.09. The molecule has 0 bridgehead atoms. The van der Waals surface area contributed by atoms with Crippen LogP contribution in [0.5, 0.6) is 5.75 Å². The summed E-state index contributed by atoms with van der Waals surface area (Å²) in [5, 5.41) is 0. The number of pyridine rings is 1. The van der Waals surface area contributed by atoms with Gasteiger partial charge in [0, 0.05) is 13.3 Å². The van der Waals surface area contributed by atoms with Crippen molar-refractivity contribution in [2.24, 2.45) is 0 Å². The summed E-state index contributed by atoms with van der Waals surface area (Å²) < 4.78 is 12.0. The molecule has 0 aliphatic carbocycles. The molecule has 0 unspecified atom stereocenters. The Hall–Kier alpha value is -2.60. The highest BCUT2D eigenvalue weighted by atomic mass is 16.5. The van der Waals surface area contributed by atoms with E-state index >= 15 is 0 Å². The van der Waals surface area contributed by atoms with Crippen molar-refractivity contribution in [3.8, 4) is 11.4 Å². The van der Waals surface area contributed by atoms with Crippen LogP contribution in [0.4, 0.5) is 0 Å². The highest BCUT2D eigenvalue weighted by Crippen LogP contribution is 2.18. The van der Waals surface area contributed by atoms with Gasteiger partial charge in [0.15, 0.2) is 0 Å². The van der Waals surface area contributed by atoms with E-state index in [0.717, 1.165) is 17.0 Å². The van der Waals surface area contributed by atoms with E-state index in [2.05, 4.69) is 9.97 Å². The minimum atomic E-state index is -0.189. The lowest BCUT2D eigenvalue weighted by molar-refractivity contribution is 0.146. The van der Waals surface area contributed by atoms with Gasteiger partial charge in [-0.25, -0.2) is 4.79 Å². The van der Waals surface area contributed by atoms with E-state index in [-0.39, 0.29) is 5.69 Å². The number of nitrogens with one attached hydrogen (secondary N) is 1. The monoisotopic (exact) mass is 285 g/mol. The van der Waals surface area contributed by atoms with E-state index in [0.29, 0.717) is 18.7 Å². The number of hydrogen-bond acceptors (Lipinski definition) is 4. The first-order valence-electron chi connectivity index (χ1n) is 6.56. The molecular weight excluding hydrogens is 270 g/mol. The number of benzene rings is 1. The molecule has 108 valence electrons. The average molecular weight is 285 g/mol. The van der Waals surface area contributed by atoms with Crippen molar-refractivity contribution >= 4 is 11.0 Å². The average Bonchev–Trinajstić information content (AvgIpc) is 2.84. The molecule has 3 rings (SSSR count). The molecule has 0 aliphatic rings. The van der Waals surface area contributed by atoms with E-state index < -0.39 is 0 Å². The molecule has 21 heavy (non-hydrogen) atoms. The van der Waals surface area contributed by atoms with Crippen LogP contribution < -0.4 is 10.4 Å². The topological polar surface area (TPSA) is 69.1 Å². The maximum absolute atomic E-state index is 12.1. The third-order valence-corrected chi connectivity index (χ3v) is 3.13. The van der Waals surface area contributed by atoms with E-state index in [1.807, 2.05) is 24.3 Å². The van der Waals surface area contributed by atoms with E-state index in [4.69, 9.17) is 9.47 Å². The molecule has 0 saturated heterocycles. The van der Waals surface area contributed by atoms with Crippen LogP contribution in [0.25, 0.3) is 16.7 Å². The molecule has 0 saturated carbocycles. The largest absolute Gasteiger partial charge is 0.491 e. The predicted octanol–water partition coefficient (Wildman–Crippen LogP) is 1.74. The fraction of sp³-hybridized carbons (Fsp3) is 0.200. The molecule has 3 aromatic rings. The SMILES string of the molecule is COCCOc1ccc(-n2c(=O)[nH]c3cnccc32)cc1. The molecule has 6 nitrogen and oxygen atoms in total. The normalized spacial score (nSPS) is 10.9. The second-order valence-electron chi connectivity index (χ2n) is 4.49. The number of nitrogens with zero attached hydrogens (tertiary/aromatic N) is 2. The molecular formula is C15H15N3O3. The van der Waals surface area contributed by atoms with E-state index in [1.54, 1.807) is 30.1 Å². The number of H-pyrrole nitrogens is 1. The first kappa shape index (κ1) is 13.4. The van der Waals surface area contributed by atoms with Crippen LogP contribution in [0.1, 0.15) is 0 Å². The van der Waals surface area contributed by atoms with Gasteiger partial charge in [-0.15, -0.1) is 0 Å². The lowest BCUT2D eigenvalue weighted by Gasteiger charge is -2.07. The smallest absolute Gasteiger partial charge is 0.331 e. The molecule has 0 aliphatic heterocycles. The van der Waals surface area contributed by atoms with Crippen molar-refractivity contribution in [2.75, 3.05) is 20.3 Å². The van der Waals surface area contributed by atoms with Gasteiger partial charge >= 0.3 is 5.69 Å². The summed E-state index contributed by atoms with van der Waals surface area (Å²) in [5.74, 6) is 0.741. The Morgan fingerprint density at radius 1 is 1.19 bits per heavy atom. The molecule has 1 N–H and O–H groups in total. The van der Waals surface area contributed by atoms with Gasteiger partial charge in [-0.05, 0) is 30.3 Å². The Labute approximate surface area is 121 Å². The second-order valence-corrected chi connectivity index (χ2v) is 4.49. The quantitative estimate of drug-likeness (QED) is 0.725. The Bertz CT molecular complexity index is 790. The van der Waals surface area contributed by atoms with Crippen LogP contribution in [-0.4, -0.2) is 34.9 Å². The van der Waals surface area contributed by atoms with E-state index in [1.165, 1.54) is 0 Å². The molecule has 0 atom stereocenters. The zero-order valence-electron chi connectivity index (χ0n) is 11.6. The highest BCUT2D eigenvalue weighted by molar-refractivity contribution is 5.76. The van der Waals surface area contributed by atoms with Gasteiger partial charge in [0.1, 0.15) is 12.4 Å². The van der Waals surface area contributed by atoms with Gasteiger partial charge in [-0.2, -0.15) is 0 Å². The van der Waals surface area contributed by atoms with Crippen molar-refractivity contribution in [1.82, 2.24) is 14.5 Å². The number of rotatable bonds is 5. The van der Waals surface area contributed by atoms with Crippen molar-refractivity contribution in [2.45, 2.75) is 0 Å². The van der Waals surface area contributed by atoms with Crippen molar-refractivity contribution in [1.29, 1.82) is 0 Å². The summed E-state index contributed by atoms with van der Waals surface area (Å²) in [6.07, 6.45) is 3.30. The molecule has 1 aromatic carbocycles. The third kappa shape index (κ3) is 2.66. The predicted molar refractivity (Wildman–Crippen MR) is 79.1 cm³/mol. The van der Waals surface area contributed by atoms with Gasteiger partial charge in [0.2, 0.25) is 0 Å². The van der Waals surface area contributed by atoms with Crippen molar-refractivity contribution < 1.29 is 9.47 Å². The minimum absolute atomic E-state index is 0.189. The number of methoxy groups -OCH3 is 1. The maximum Gasteiger partial charge on any atom is 0.331 e. The fourth-order valence-electron chi connectivity index (χ4n) is 2.15. The zero-order valence-corrected chi connectivity index (χ0v) is 11.6. The van der Waals surface area contributed by atoms with E-state index in [9.17, 15) is 4.79 Å². The number of ether oxygens (including phenoxy) is 2. The van der Waals surface area contributed by atoms with Crippen LogP contribution in [0, 0.1) is 0 Å². The molecule has 2 heterocycles. The van der Waals surface area contributed by atoms with Crippen LogP contribution in [0.2, 0.25) is 0 Å². The molecule has 0 spiro atoms. The molecule has 2 aromatic heterocycles. The third-order valence-electron chi connectivity index (χ3n) is 3.13. The fourth-order valence-corrected chi connectivity index (χ4v) is 2.15. The highest BCUT2D eigenvalue weighted by Gasteiger charge is 2.08. The number of aromatic nitrogens is 3. The summed E-state index contributed by atoms with van der Waals surface area (Å²) >= 11 is 0. The lowest BCUT2D eigenvalue weighted by atomic mass is 10.3. The minimum Gasteiger partial charge on any atom is -0.491 e. The number of fused-ring (bicyclic) bond motifs is 1. The second kappa shape index (κ2) is 5.80. The molecule has 0 amide bonds. The van der Waals surface area contributed by atoms with Crippen molar-refractivity contribution in [3.63, 3.8) is 0 Å². The zero-order chi connectivity index (χ0) is 14.7. The lowest BCUT2D eigenvalue weighted by Crippen LogP contribution is -2.14.